The molecule has 2 aromatic rings. The van der Waals surface area contributed by atoms with Crippen molar-refractivity contribution >= 4 is 5.91 Å². The van der Waals surface area contributed by atoms with E-state index in [4.69, 9.17) is 9.72 Å². The molecule has 7 heteroatoms. The van der Waals surface area contributed by atoms with Gasteiger partial charge in [0.05, 0.1) is 18.9 Å². The summed E-state index contributed by atoms with van der Waals surface area (Å²) in [5.74, 6) is 0.382. The van der Waals surface area contributed by atoms with Crippen molar-refractivity contribution < 1.29 is 9.53 Å². The van der Waals surface area contributed by atoms with Gasteiger partial charge in [-0.1, -0.05) is 6.07 Å². The number of morpholine rings is 1. The predicted molar refractivity (Wildman–Crippen MR) is 101 cm³/mol. The van der Waals surface area contributed by atoms with E-state index in [2.05, 4.69) is 22.1 Å². The average molecular weight is 369 g/mol. The SMILES string of the molecule is Cn1nccc1CN1CCC[C@@H](c2cccc(C(=O)N3CCOCC3)n2)C1. The summed E-state index contributed by atoms with van der Waals surface area (Å²) in [6.07, 6.45) is 4.11. The van der Waals surface area contributed by atoms with Gasteiger partial charge in [0.25, 0.3) is 5.91 Å². The van der Waals surface area contributed by atoms with Crippen LogP contribution in [0.25, 0.3) is 0 Å². The molecular formula is C20H27N5O2. The first-order valence-corrected chi connectivity index (χ1v) is 9.74. The molecule has 1 atom stereocenters. The molecule has 144 valence electrons. The van der Waals surface area contributed by atoms with Crippen molar-refractivity contribution in [3.63, 3.8) is 0 Å². The number of hydrogen-bond acceptors (Lipinski definition) is 5. The number of rotatable bonds is 4. The lowest BCUT2D eigenvalue weighted by Gasteiger charge is -2.32. The molecule has 2 aliphatic heterocycles. The summed E-state index contributed by atoms with van der Waals surface area (Å²) < 4.78 is 7.28. The van der Waals surface area contributed by atoms with Gasteiger partial charge in [-0.15, -0.1) is 0 Å². The molecule has 2 fully saturated rings. The van der Waals surface area contributed by atoms with Crippen LogP contribution in [-0.4, -0.2) is 69.9 Å². The highest BCUT2D eigenvalue weighted by atomic mass is 16.5. The number of amides is 1. The van der Waals surface area contributed by atoms with Crippen molar-refractivity contribution in [1.82, 2.24) is 24.6 Å². The minimum Gasteiger partial charge on any atom is -0.378 e. The summed E-state index contributed by atoms with van der Waals surface area (Å²) in [4.78, 5) is 21.8. The van der Waals surface area contributed by atoms with Crippen LogP contribution >= 0.6 is 0 Å². The maximum atomic E-state index is 12.7. The van der Waals surface area contributed by atoms with Gasteiger partial charge in [0, 0.05) is 51.0 Å². The lowest BCUT2D eigenvalue weighted by molar-refractivity contribution is 0.0298. The number of carbonyl (C=O) groups excluding carboxylic acids is 1. The summed E-state index contributed by atoms with van der Waals surface area (Å²) in [5, 5.41) is 4.26. The van der Waals surface area contributed by atoms with E-state index >= 15 is 0 Å². The Bertz CT molecular complexity index is 784. The number of piperidine rings is 1. The highest BCUT2D eigenvalue weighted by Crippen LogP contribution is 2.27. The third kappa shape index (κ3) is 4.20. The molecule has 2 aliphatic rings. The average Bonchev–Trinajstić information content (AvgIpc) is 3.13. The first-order chi connectivity index (χ1) is 13.2. The summed E-state index contributed by atoms with van der Waals surface area (Å²) in [7, 11) is 1.99. The molecule has 4 heterocycles. The first kappa shape index (κ1) is 18.1. The van der Waals surface area contributed by atoms with Gasteiger partial charge in [-0.2, -0.15) is 5.10 Å². The Kier molecular flexibility index (Phi) is 5.50. The van der Waals surface area contributed by atoms with Gasteiger partial charge in [-0.05, 0) is 37.6 Å². The second kappa shape index (κ2) is 8.19. The monoisotopic (exact) mass is 369 g/mol. The van der Waals surface area contributed by atoms with E-state index in [9.17, 15) is 4.79 Å². The van der Waals surface area contributed by atoms with Crippen LogP contribution in [0.15, 0.2) is 30.5 Å². The molecule has 0 N–H and O–H groups in total. The Morgan fingerprint density at radius 1 is 1.22 bits per heavy atom. The fraction of sp³-hybridized carbons (Fsp3) is 0.550. The van der Waals surface area contributed by atoms with Gasteiger partial charge in [0.2, 0.25) is 0 Å². The Balaban J connectivity index is 1.44. The van der Waals surface area contributed by atoms with Gasteiger partial charge in [0.15, 0.2) is 0 Å². The minimum atomic E-state index is 0.0164. The largest absolute Gasteiger partial charge is 0.378 e. The molecule has 0 aromatic carbocycles. The van der Waals surface area contributed by atoms with Crippen LogP contribution in [0.3, 0.4) is 0 Å². The molecule has 27 heavy (non-hydrogen) atoms. The van der Waals surface area contributed by atoms with Crippen molar-refractivity contribution in [2.24, 2.45) is 7.05 Å². The first-order valence-electron chi connectivity index (χ1n) is 9.74. The fourth-order valence-electron chi connectivity index (χ4n) is 3.95. The fourth-order valence-corrected chi connectivity index (χ4v) is 3.95. The van der Waals surface area contributed by atoms with Gasteiger partial charge >= 0.3 is 0 Å². The molecule has 0 unspecified atom stereocenters. The maximum absolute atomic E-state index is 12.7. The lowest BCUT2D eigenvalue weighted by Crippen LogP contribution is -2.41. The van der Waals surface area contributed by atoms with Crippen LogP contribution in [0, 0.1) is 0 Å². The van der Waals surface area contributed by atoms with E-state index in [0.29, 0.717) is 37.9 Å². The molecule has 1 amide bonds. The number of aryl methyl sites for hydroxylation is 1. The second-order valence-corrected chi connectivity index (χ2v) is 7.37. The van der Waals surface area contributed by atoms with E-state index < -0.39 is 0 Å². The highest BCUT2D eigenvalue weighted by molar-refractivity contribution is 5.92. The smallest absolute Gasteiger partial charge is 0.272 e. The van der Waals surface area contributed by atoms with Crippen molar-refractivity contribution in [3.05, 3.63) is 47.5 Å². The highest BCUT2D eigenvalue weighted by Gasteiger charge is 2.25. The summed E-state index contributed by atoms with van der Waals surface area (Å²) >= 11 is 0. The number of hydrogen-bond donors (Lipinski definition) is 0. The summed E-state index contributed by atoms with van der Waals surface area (Å²) in [5.41, 5.74) is 2.81. The summed E-state index contributed by atoms with van der Waals surface area (Å²) in [6.45, 7) is 5.47. The third-order valence-corrected chi connectivity index (χ3v) is 5.52. The molecule has 4 rings (SSSR count). The number of carbonyl (C=O) groups is 1. The minimum absolute atomic E-state index is 0.0164. The molecular weight excluding hydrogens is 342 g/mol. The quantitative estimate of drug-likeness (QED) is 0.820. The zero-order valence-corrected chi connectivity index (χ0v) is 15.9. The van der Waals surface area contributed by atoms with Crippen molar-refractivity contribution in [3.8, 4) is 0 Å². The second-order valence-electron chi connectivity index (χ2n) is 7.37. The van der Waals surface area contributed by atoms with Crippen LogP contribution in [0.1, 0.15) is 40.6 Å². The van der Waals surface area contributed by atoms with Crippen molar-refractivity contribution in [2.45, 2.75) is 25.3 Å². The van der Waals surface area contributed by atoms with E-state index in [1.807, 2.05) is 35.0 Å². The van der Waals surface area contributed by atoms with E-state index in [1.54, 1.807) is 0 Å². The molecule has 0 radical (unpaired) electrons. The van der Waals surface area contributed by atoms with Gasteiger partial charge < -0.3 is 9.64 Å². The topological polar surface area (TPSA) is 63.5 Å². The van der Waals surface area contributed by atoms with E-state index in [1.165, 1.54) is 5.69 Å². The molecule has 0 saturated carbocycles. The number of nitrogens with zero attached hydrogens (tertiary/aromatic N) is 5. The van der Waals surface area contributed by atoms with Crippen LogP contribution in [0.5, 0.6) is 0 Å². The normalized spacial score (nSPS) is 21.4. The van der Waals surface area contributed by atoms with Crippen LogP contribution in [-0.2, 0) is 18.3 Å². The Morgan fingerprint density at radius 2 is 2.07 bits per heavy atom. The molecule has 0 spiro atoms. The Hall–Kier alpha value is -2.25. The third-order valence-electron chi connectivity index (χ3n) is 5.52. The van der Waals surface area contributed by atoms with E-state index in [-0.39, 0.29) is 5.91 Å². The standard InChI is InChI=1S/C20H27N5O2/c1-23-17(7-8-21-23)15-24-9-3-4-16(14-24)18-5-2-6-19(22-18)20(26)25-10-12-27-13-11-25/h2,5-8,16H,3-4,9-15H2,1H3/t16-/m1/s1. The molecule has 0 bridgehead atoms. The molecule has 7 nitrogen and oxygen atoms in total. The zero-order valence-electron chi connectivity index (χ0n) is 15.9. The van der Waals surface area contributed by atoms with Crippen molar-refractivity contribution in [1.29, 1.82) is 0 Å². The number of likely N-dealkylation sites (tertiary alicyclic amines) is 1. The Morgan fingerprint density at radius 3 is 2.85 bits per heavy atom. The van der Waals surface area contributed by atoms with Crippen LogP contribution in [0.4, 0.5) is 0 Å². The maximum Gasteiger partial charge on any atom is 0.272 e. The van der Waals surface area contributed by atoms with Crippen LogP contribution < -0.4 is 0 Å². The Labute approximate surface area is 159 Å². The lowest BCUT2D eigenvalue weighted by atomic mass is 9.94. The van der Waals surface area contributed by atoms with Crippen LogP contribution in [0.2, 0.25) is 0 Å². The number of aromatic nitrogens is 3. The summed E-state index contributed by atoms with van der Waals surface area (Å²) in [6, 6.07) is 7.94. The number of pyridine rings is 1. The molecule has 2 aromatic heterocycles. The van der Waals surface area contributed by atoms with E-state index in [0.717, 1.165) is 38.2 Å². The zero-order chi connectivity index (χ0) is 18.6. The van der Waals surface area contributed by atoms with Gasteiger partial charge in [-0.3, -0.25) is 14.4 Å². The molecule has 0 aliphatic carbocycles. The van der Waals surface area contributed by atoms with Gasteiger partial charge in [0.1, 0.15) is 5.69 Å². The number of ether oxygens (including phenoxy) is 1. The van der Waals surface area contributed by atoms with Crippen molar-refractivity contribution in [2.75, 3.05) is 39.4 Å². The predicted octanol–water partition coefficient (Wildman–Crippen LogP) is 1.67. The molecule has 2 saturated heterocycles. The van der Waals surface area contributed by atoms with Gasteiger partial charge in [-0.25, -0.2) is 4.98 Å².